The fraction of sp³-hybridized carbons (Fsp3) is 0.571. The number of aliphatic carboxylic acids is 1. The van der Waals surface area contributed by atoms with E-state index in [2.05, 4.69) is 10.3 Å². The Kier molecular flexibility index (Phi) is 5.67. The third-order valence-corrected chi connectivity index (χ3v) is 4.14. The Morgan fingerprint density at radius 1 is 1.52 bits per heavy atom. The highest BCUT2D eigenvalue weighted by atomic mass is 32.1. The molecule has 1 atom stereocenters. The van der Waals surface area contributed by atoms with Gasteiger partial charge in [0, 0.05) is 17.8 Å². The minimum atomic E-state index is -1.07. The molecule has 8 nitrogen and oxygen atoms in total. The van der Waals surface area contributed by atoms with Crippen molar-refractivity contribution < 1.29 is 24.2 Å². The summed E-state index contributed by atoms with van der Waals surface area (Å²) in [7, 11) is 0. The van der Waals surface area contributed by atoms with E-state index in [1.165, 1.54) is 16.2 Å². The minimum absolute atomic E-state index is 0.0370. The second-order valence-electron chi connectivity index (χ2n) is 5.50. The van der Waals surface area contributed by atoms with E-state index in [0.29, 0.717) is 17.4 Å². The first kappa shape index (κ1) is 17.4. The van der Waals surface area contributed by atoms with Crippen LogP contribution in [0, 0.1) is 5.92 Å². The van der Waals surface area contributed by atoms with E-state index >= 15 is 0 Å². The molecule has 1 aromatic rings. The van der Waals surface area contributed by atoms with Crippen LogP contribution in [0.1, 0.15) is 19.5 Å². The Balaban J connectivity index is 1.91. The number of nitrogens with one attached hydrogen (secondary N) is 1. The second kappa shape index (κ2) is 7.51. The molecule has 0 aliphatic carbocycles. The standard InChI is InChI=1S/C14H19N3O5S/c1-8(2)12(19)16-14-15-9(7-23-14)5-11(18)17-3-4-22-10(6-17)13(20)21/h7-8,10H,3-6H2,1-2H3,(H,20,21)(H,15,16,19). The van der Waals surface area contributed by atoms with Gasteiger partial charge in [-0.2, -0.15) is 0 Å². The van der Waals surface area contributed by atoms with E-state index in [4.69, 9.17) is 9.84 Å². The largest absolute Gasteiger partial charge is 0.479 e. The van der Waals surface area contributed by atoms with Crippen molar-refractivity contribution in [3.8, 4) is 0 Å². The van der Waals surface area contributed by atoms with Gasteiger partial charge in [0.05, 0.1) is 25.3 Å². The van der Waals surface area contributed by atoms with Gasteiger partial charge in [0.25, 0.3) is 0 Å². The molecule has 2 rings (SSSR count). The monoisotopic (exact) mass is 341 g/mol. The zero-order chi connectivity index (χ0) is 17.0. The van der Waals surface area contributed by atoms with Gasteiger partial charge < -0.3 is 20.1 Å². The molecular weight excluding hydrogens is 322 g/mol. The van der Waals surface area contributed by atoms with Gasteiger partial charge in [-0.25, -0.2) is 9.78 Å². The van der Waals surface area contributed by atoms with Crippen LogP contribution in [-0.2, 0) is 25.5 Å². The second-order valence-corrected chi connectivity index (χ2v) is 6.36. The molecule has 9 heteroatoms. The predicted octanol–water partition coefficient (Wildman–Crippen LogP) is 0.592. The molecule has 0 spiro atoms. The summed E-state index contributed by atoms with van der Waals surface area (Å²) in [6.07, 6.45) is -0.913. The molecule has 126 valence electrons. The molecule has 1 aromatic heterocycles. The van der Waals surface area contributed by atoms with Crippen LogP contribution in [0.3, 0.4) is 0 Å². The number of rotatable bonds is 5. The molecule has 0 bridgehead atoms. The number of ether oxygens (including phenoxy) is 1. The van der Waals surface area contributed by atoms with Gasteiger partial charge >= 0.3 is 5.97 Å². The highest BCUT2D eigenvalue weighted by Gasteiger charge is 2.29. The molecule has 0 radical (unpaired) electrons. The fourth-order valence-corrected chi connectivity index (χ4v) is 2.70. The first-order valence-electron chi connectivity index (χ1n) is 7.24. The summed E-state index contributed by atoms with van der Waals surface area (Å²) >= 11 is 1.26. The summed E-state index contributed by atoms with van der Waals surface area (Å²) in [4.78, 5) is 40.4. The molecule has 1 aliphatic rings. The van der Waals surface area contributed by atoms with E-state index in [1.807, 2.05) is 0 Å². The Hall–Kier alpha value is -2.00. The number of carbonyl (C=O) groups is 3. The number of morpholine rings is 1. The third kappa shape index (κ3) is 4.73. The van der Waals surface area contributed by atoms with Gasteiger partial charge in [0.1, 0.15) is 0 Å². The maximum absolute atomic E-state index is 12.2. The van der Waals surface area contributed by atoms with Crippen LogP contribution in [0.4, 0.5) is 5.13 Å². The van der Waals surface area contributed by atoms with Crippen LogP contribution in [0.15, 0.2) is 5.38 Å². The Morgan fingerprint density at radius 2 is 2.26 bits per heavy atom. The normalized spacial score (nSPS) is 18.0. The number of amides is 2. The van der Waals surface area contributed by atoms with Crippen molar-refractivity contribution in [2.75, 3.05) is 25.0 Å². The highest BCUT2D eigenvalue weighted by molar-refractivity contribution is 7.13. The first-order valence-corrected chi connectivity index (χ1v) is 8.12. The lowest BCUT2D eigenvalue weighted by Gasteiger charge is -2.30. The predicted molar refractivity (Wildman–Crippen MR) is 83.2 cm³/mol. The van der Waals surface area contributed by atoms with Crippen molar-refractivity contribution >= 4 is 34.3 Å². The molecule has 1 fully saturated rings. The maximum Gasteiger partial charge on any atom is 0.334 e. The van der Waals surface area contributed by atoms with Gasteiger partial charge in [-0.05, 0) is 0 Å². The minimum Gasteiger partial charge on any atom is -0.479 e. The summed E-state index contributed by atoms with van der Waals surface area (Å²) in [6, 6.07) is 0. The highest BCUT2D eigenvalue weighted by Crippen LogP contribution is 2.18. The number of carboxylic acids is 1. The van der Waals surface area contributed by atoms with Crippen LogP contribution in [0.5, 0.6) is 0 Å². The Morgan fingerprint density at radius 3 is 2.91 bits per heavy atom. The number of thiazole rings is 1. The lowest BCUT2D eigenvalue weighted by atomic mass is 10.2. The molecule has 2 amide bonds. The van der Waals surface area contributed by atoms with Crippen LogP contribution in [-0.4, -0.2) is 58.6 Å². The topological polar surface area (TPSA) is 109 Å². The molecule has 2 N–H and O–H groups in total. The molecular formula is C14H19N3O5S. The van der Waals surface area contributed by atoms with Crippen LogP contribution >= 0.6 is 11.3 Å². The van der Waals surface area contributed by atoms with Crippen LogP contribution in [0.25, 0.3) is 0 Å². The quantitative estimate of drug-likeness (QED) is 0.811. The van der Waals surface area contributed by atoms with Crippen molar-refractivity contribution in [2.24, 2.45) is 5.92 Å². The van der Waals surface area contributed by atoms with Crippen molar-refractivity contribution in [1.82, 2.24) is 9.88 Å². The van der Waals surface area contributed by atoms with Gasteiger partial charge in [-0.3, -0.25) is 9.59 Å². The van der Waals surface area contributed by atoms with E-state index in [-0.39, 0.29) is 37.3 Å². The molecule has 1 unspecified atom stereocenters. The zero-order valence-electron chi connectivity index (χ0n) is 12.9. The van der Waals surface area contributed by atoms with Crippen molar-refractivity contribution in [1.29, 1.82) is 0 Å². The van der Waals surface area contributed by atoms with Crippen LogP contribution < -0.4 is 5.32 Å². The van der Waals surface area contributed by atoms with Crippen molar-refractivity contribution in [3.05, 3.63) is 11.1 Å². The molecule has 23 heavy (non-hydrogen) atoms. The van der Waals surface area contributed by atoms with Crippen molar-refractivity contribution in [2.45, 2.75) is 26.4 Å². The van der Waals surface area contributed by atoms with Crippen LogP contribution in [0.2, 0.25) is 0 Å². The van der Waals surface area contributed by atoms with E-state index in [9.17, 15) is 14.4 Å². The van der Waals surface area contributed by atoms with E-state index in [0.717, 1.165) is 0 Å². The molecule has 1 saturated heterocycles. The molecule has 2 heterocycles. The lowest BCUT2D eigenvalue weighted by molar-refractivity contribution is -0.159. The van der Waals surface area contributed by atoms with Gasteiger partial charge in [0.15, 0.2) is 11.2 Å². The Bertz CT molecular complexity index is 601. The maximum atomic E-state index is 12.2. The summed E-state index contributed by atoms with van der Waals surface area (Å²) in [5.41, 5.74) is 0.553. The summed E-state index contributed by atoms with van der Waals surface area (Å²) in [5, 5.41) is 13.8. The Labute approximate surface area is 137 Å². The smallest absolute Gasteiger partial charge is 0.334 e. The van der Waals surface area contributed by atoms with Gasteiger partial charge in [-0.1, -0.05) is 13.8 Å². The average molecular weight is 341 g/mol. The summed E-state index contributed by atoms with van der Waals surface area (Å²) in [5.74, 6) is -1.55. The number of carboxylic acid groups (broad SMARTS) is 1. The number of carbonyl (C=O) groups excluding carboxylic acids is 2. The average Bonchev–Trinajstić information content (AvgIpc) is 2.94. The number of aromatic nitrogens is 1. The van der Waals surface area contributed by atoms with Gasteiger partial charge in [-0.15, -0.1) is 11.3 Å². The zero-order valence-corrected chi connectivity index (χ0v) is 13.8. The summed E-state index contributed by atoms with van der Waals surface area (Å²) < 4.78 is 5.09. The summed E-state index contributed by atoms with van der Waals surface area (Å²) in [6.45, 7) is 4.17. The number of hydrogen-bond acceptors (Lipinski definition) is 6. The molecule has 0 aromatic carbocycles. The fourth-order valence-electron chi connectivity index (χ4n) is 1.99. The van der Waals surface area contributed by atoms with Gasteiger partial charge in [0.2, 0.25) is 11.8 Å². The van der Waals surface area contributed by atoms with E-state index in [1.54, 1.807) is 19.2 Å². The lowest BCUT2D eigenvalue weighted by Crippen LogP contribution is -2.49. The SMILES string of the molecule is CC(C)C(=O)Nc1nc(CC(=O)N2CCOC(C(=O)O)C2)cs1. The molecule has 0 saturated carbocycles. The molecule has 1 aliphatic heterocycles. The third-order valence-electron chi connectivity index (χ3n) is 3.33. The van der Waals surface area contributed by atoms with E-state index < -0.39 is 12.1 Å². The first-order chi connectivity index (χ1) is 10.9. The number of nitrogens with zero attached hydrogens (tertiary/aromatic N) is 2. The number of anilines is 1. The van der Waals surface area contributed by atoms with Crippen molar-refractivity contribution in [3.63, 3.8) is 0 Å². The number of hydrogen-bond donors (Lipinski definition) is 2.